The fraction of sp³-hybridized carbons (Fsp3) is 0.143. The van der Waals surface area contributed by atoms with Crippen LogP contribution in [0.25, 0.3) is 0 Å². The minimum Gasteiger partial charge on any atom is -0.504 e. The van der Waals surface area contributed by atoms with Crippen LogP contribution >= 0.6 is 0 Å². The van der Waals surface area contributed by atoms with Crippen LogP contribution in [-0.4, -0.2) is 12.2 Å². The van der Waals surface area contributed by atoms with Crippen molar-refractivity contribution < 1.29 is 23.0 Å². The van der Waals surface area contributed by atoms with Crippen LogP contribution in [0, 0.1) is 17.5 Å². The van der Waals surface area contributed by atoms with Gasteiger partial charge in [-0.3, -0.25) is 0 Å². The summed E-state index contributed by atoms with van der Waals surface area (Å²) in [7, 11) is 1.40. The van der Waals surface area contributed by atoms with E-state index < -0.39 is 17.5 Å². The molecule has 0 heterocycles. The molecule has 2 N–H and O–H groups in total. The van der Waals surface area contributed by atoms with Gasteiger partial charge in [0.2, 0.25) is 0 Å². The lowest BCUT2D eigenvalue weighted by atomic mass is 10.1. The van der Waals surface area contributed by atoms with Crippen molar-refractivity contribution in [1.29, 1.82) is 0 Å². The maximum Gasteiger partial charge on any atom is 0.162 e. The molecule has 0 spiro atoms. The summed E-state index contributed by atoms with van der Waals surface area (Å²) >= 11 is 0. The van der Waals surface area contributed by atoms with Gasteiger partial charge >= 0.3 is 0 Å². The highest BCUT2D eigenvalue weighted by molar-refractivity contribution is 5.50. The Bertz CT molecular complexity index is 632. The number of ether oxygens (including phenoxy) is 1. The molecule has 0 fully saturated rings. The van der Waals surface area contributed by atoms with E-state index in [1.165, 1.54) is 7.11 Å². The number of phenols is 1. The van der Waals surface area contributed by atoms with Crippen molar-refractivity contribution in [2.24, 2.45) is 0 Å². The topological polar surface area (TPSA) is 41.5 Å². The molecule has 0 saturated heterocycles. The molecule has 0 saturated carbocycles. The van der Waals surface area contributed by atoms with Gasteiger partial charge in [0, 0.05) is 24.2 Å². The van der Waals surface area contributed by atoms with E-state index in [1.54, 1.807) is 18.2 Å². The molecule has 20 heavy (non-hydrogen) atoms. The SMILES string of the molecule is COc1cccc(CNc2cc(F)c(F)cc2F)c1O. The number of benzene rings is 2. The first-order valence-corrected chi connectivity index (χ1v) is 5.76. The molecule has 0 atom stereocenters. The van der Waals surface area contributed by atoms with Crippen LogP contribution in [0.4, 0.5) is 18.9 Å². The van der Waals surface area contributed by atoms with Crippen molar-refractivity contribution in [1.82, 2.24) is 0 Å². The number of aromatic hydroxyl groups is 1. The zero-order valence-electron chi connectivity index (χ0n) is 10.6. The monoisotopic (exact) mass is 283 g/mol. The number of halogens is 3. The van der Waals surface area contributed by atoms with E-state index in [9.17, 15) is 18.3 Å². The summed E-state index contributed by atoms with van der Waals surface area (Å²) in [5, 5.41) is 12.4. The zero-order valence-corrected chi connectivity index (χ0v) is 10.6. The van der Waals surface area contributed by atoms with Gasteiger partial charge in [-0.2, -0.15) is 0 Å². The second kappa shape index (κ2) is 5.73. The van der Waals surface area contributed by atoms with Crippen LogP contribution < -0.4 is 10.1 Å². The van der Waals surface area contributed by atoms with Crippen LogP contribution in [-0.2, 0) is 6.54 Å². The average Bonchev–Trinajstić information content (AvgIpc) is 2.43. The molecule has 0 aliphatic rings. The Kier molecular flexibility index (Phi) is 4.02. The van der Waals surface area contributed by atoms with Gasteiger partial charge < -0.3 is 15.2 Å². The summed E-state index contributed by atoms with van der Waals surface area (Å²) in [6, 6.07) is 6.00. The lowest BCUT2D eigenvalue weighted by Gasteiger charge is -2.11. The smallest absolute Gasteiger partial charge is 0.162 e. The van der Waals surface area contributed by atoms with Gasteiger partial charge in [0.15, 0.2) is 23.1 Å². The molecular formula is C14H12F3NO2. The minimum absolute atomic E-state index is 0.0328. The zero-order chi connectivity index (χ0) is 14.7. The second-order valence-corrected chi connectivity index (χ2v) is 4.07. The highest BCUT2D eigenvalue weighted by atomic mass is 19.2. The minimum atomic E-state index is -1.25. The number of anilines is 1. The predicted molar refractivity (Wildman–Crippen MR) is 68.3 cm³/mol. The van der Waals surface area contributed by atoms with Crippen molar-refractivity contribution >= 4 is 5.69 Å². The molecule has 106 valence electrons. The lowest BCUT2D eigenvalue weighted by Crippen LogP contribution is -2.03. The molecule has 0 aliphatic heterocycles. The first kappa shape index (κ1) is 14.0. The molecule has 0 radical (unpaired) electrons. The van der Waals surface area contributed by atoms with Crippen LogP contribution in [0.2, 0.25) is 0 Å². The fourth-order valence-corrected chi connectivity index (χ4v) is 1.72. The summed E-state index contributed by atoms with van der Waals surface area (Å²) in [5.41, 5.74) is 0.250. The van der Waals surface area contributed by atoms with Gasteiger partial charge in [0.25, 0.3) is 0 Å². The van der Waals surface area contributed by atoms with Gasteiger partial charge in [-0.15, -0.1) is 0 Å². The largest absolute Gasteiger partial charge is 0.504 e. The van der Waals surface area contributed by atoms with Gasteiger partial charge in [0.05, 0.1) is 12.8 Å². The Labute approximate surface area is 113 Å². The first-order chi connectivity index (χ1) is 9.52. The Morgan fingerprint density at radius 2 is 1.80 bits per heavy atom. The number of hydrogen-bond acceptors (Lipinski definition) is 3. The molecule has 0 amide bonds. The van der Waals surface area contributed by atoms with E-state index >= 15 is 0 Å². The summed E-state index contributed by atoms with van der Waals surface area (Å²) in [6.07, 6.45) is 0. The maximum absolute atomic E-state index is 13.4. The lowest BCUT2D eigenvalue weighted by molar-refractivity contribution is 0.371. The number of para-hydroxylation sites is 1. The van der Waals surface area contributed by atoms with E-state index in [-0.39, 0.29) is 23.7 Å². The van der Waals surface area contributed by atoms with Crippen molar-refractivity contribution in [3.8, 4) is 11.5 Å². The summed E-state index contributed by atoms with van der Waals surface area (Å²) in [4.78, 5) is 0. The summed E-state index contributed by atoms with van der Waals surface area (Å²) in [6.45, 7) is 0.0328. The number of phenolic OH excluding ortho intramolecular Hbond substituents is 1. The molecule has 0 aliphatic carbocycles. The summed E-state index contributed by atoms with van der Waals surface area (Å²) < 4.78 is 44.2. The third-order valence-corrected chi connectivity index (χ3v) is 2.78. The van der Waals surface area contributed by atoms with Crippen LogP contribution in [0.1, 0.15) is 5.56 Å². The number of methoxy groups -OCH3 is 1. The molecule has 0 bridgehead atoms. The van der Waals surface area contributed by atoms with Crippen molar-refractivity contribution in [3.63, 3.8) is 0 Å². The van der Waals surface area contributed by atoms with Gasteiger partial charge in [-0.05, 0) is 6.07 Å². The third-order valence-electron chi connectivity index (χ3n) is 2.78. The van der Waals surface area contributed by atoms with Crippen LogP contribution in [0.5, 0.6) is 11.5 Å². The third kappa shape index (κ3) is 2.79. The quantitative estimate of drug-likeness (QED) is 0.845. The molecule has 3 nitrogen and oxygen atoms in total. The van der Waals surface area contributed by atoms with Gasteiger partial charge in [0.1, 0.15) is 5.82 Å². The summed E-state index contributed by atoms with van der Waals surface area (Å²) in [5.74, 6) is -3.13. The molecule has 0 aromatic heterocycles. The van der Waals surface area contributed by atoms with Crippen molar-refractivity contribution in [2.75, 3.05) is 12.4 Å². The number of rotatable bonds is 4. The Hall–Kier alpha value is -2.37. The molecule has 0 unspecified atom stereocenters. The molecule has 2 aromatic carbocycles. The van der Waals surface area contributed by atoms with Gasteiger partial charge in [-0.25, -0.2) is 13.2 Å². The van der Waals surface area contributed by atoms with E-state index in [4.69, 9.17) is 4.74 Å². The van der Waals surface area contributed by atoms with Crippen LogP contribution in [0.15, 0.2) is 30.3 Å². The number of hydrogen-bond donors (Lipinski definition) is 2. The molecule has 2 rings (SSSR count). The normalized spacial score (nSPS) is 10.4. The first-order valence-electron chi connectivity index (χ1n) is 5.76. The molecule has 2 aromatic rings. The molecule has 6 heteroatoms. The standard InChI is InChI=1S/C14H12F3NO2/c1-20-13-4-2-3-8(14(13)19)7-18-12-6-10(16)9(15)5-11(12)17/h2-6,18-19H,7H2,1H3. The predicted octanol–water partition coefficient (Wildman–Crippen LogP) is 3.43. The average molecular weight is 283 g/mol. The van der Waals surface area contributed by atoms with E-state index in [0.29, 0.717) is 11.6 Å². The Balaban J connectivity index is 2.19. The van der Waals surface area contributed by atoms with E-state index in [2.05, 4.69) is 5.32 Å². The van der Waals surface area contributed by atoms with E-state index in [0.717, 1.165) is 6.07 Å². The fourth-order valence-electron chi connectivity index (χ4n) is 1.72. The van der Waals surface area contributed by atoms with Crippen molar-refractivity contribution in [2.45, 2.75) is 6.54 Å². The Morgan fingerprint density at radius 3 is 2.50 bits per heavy atom. The van der Waals surface area contributed by atoms with Gasteiger partial charge in [-0.1, -0.05) is 12.1 Å². The maximum atomic E-state index is 13.4. The van der Waals surface area contributed by atoms with Crippen molar-refractivity contribution in [3.05, 3.63) is 53.3 Å². The second-order valence-electron chi connectivity index (χ2n) is 4.07. The highest BCUT2D eigenvalue weighted by Crippen LogP contribution is 2.30. The highest BCUT2D eigenvalue weighted by Gasteiger charge is 2.11. The molecular weight excluding hydrogens is 271 g/mol. The van der Waals surface area contributed by atoms with Crippen LogP contribution in [0.3, 0.4) is 0 Å². The van der Waals surface area contributed by atoms with E-state index in [1.807, 2.05) is 0 Å². The Morgan fingerprint density at radius 1 is 1.10 bits per heavy atom. The number of nitrogens with one attached hydrogen (secondary N) is 1.